The second-order valence-corrected chi connectivity index (χ2v) is 5.05. The van der Waals surface area contributed by atoms with E-state index in [0.717, 1.165) is 17.3 Å². The summed E-state index contributed by atoms with van der Waals surface area (Å²) in [6.07, 6.45) is 0. The molecule has 0 amide bonds. The normalized spacial score (nSPS) is 11.9. The number of thiazole rings is 1. The number of para-hydroxylation sites is 1. The summed E-state index contributed by atoms with van der Waals surface area (Å²) in [5.74, 6) is 0.998. The van der Waals surface area contributed by atoms with Crippen molar-refractivity contribution in [2.75, 3.05) is 14.1 Å². The largest absolute Gasteiger partial charge is 0.302 e. The van der Waals surface area contributed by atoms with E-state index >= 15 is 0 Å². The lowest BCUT2D eigenvalue weighted by Gasteiger charge is -2.06. The lowest BCUT2D eigenvalue weighted by Crippen LogP contribution is -2.13. The monoisotopic (exact) mass is 232 g/mol. The maximum Gasteiger partial charge on any atom is 0.217 e. The summed E-state index contributed by atoms with van der Waals surface area (Å²) in [6, 6.07) is 8.33. The maximum atomic E-state index is 4.23. The molecule has 0 spiro atoms. The van der Waals surface area contributed by atoms with E-state index in [4.69, 9.17) is 0 Å². The van der Waals surface area contributed by atoms with Crippen LogP contribution in [-0.4, -0.2) is 33.6 Å². The van der Waals surface area contributed by atoms with Gasteiger partial charge in [0, 0.05) is 0 Å². The Morgan fingerprint density at radius 3 is 2.88 bits per heavy atom. The molecule has 16 heavy (non-hydrogen) atoms. The maximum absolute atomic E-state index is 4.23. The SMILES string of the molecule is CN(C)Cc1nnc2sc3ccccc3n12. The van der Waals surface area contributed by atoms with Crippen molar-refractivity contribution in [3.63, 3.8) is 0 Å². The zero-order chi connectivity index (χ0) is 11.1. The van der Waals surface area contributed by atoms with Crippen LogP contribution in [0, 0.1) is 0 Å². The average Bonchev–Trinajstić information content (AvgIpc) is 2.77. The van der Waals surface area contributed by atoms with Crippen molar-refractivity contribution < 1.29 is 0 Å². The molecule has 0 N–H and O–H groups in total. The van der Waals surface area contributed by atoms with Crippen LogP contribution in [0.2, 0.25) is 0 Å². The molecule has 0 unspecified atom stereocenters. The highest BCUT2D eigenvalue weighted by Crippen LogP contribution is 2.25. The predicted molar refractivity (Wildman–Crippen MR) is 65.8 cm³/mol. The van der Waals surface area contributed by atoms with E-state index in [2.05, 4.69) is 37.7 Å². The molecule has 4 nitrogen and oxygen atoms in total. The van der Waals surface area contributed by atoms with Crippen LogP contribution in [0.5, 0.6) is 0 Å². The van der Waals surface area contributed by atoms with Crippen molar-refractivity contribution in [1.29, 1.82) is 0 Å². The number of rotatable bonds is 2. The first kappa shape index (κ1) is 9.74. The van der Waals surface area contributed by atoms with Gasteiger partial charge < -0.3 is 4.90 Å². The number of hydrogen-bond donors (Lipinski definition) is 0. The molecular weight excluding hydrogens is 220 g/mol. The zero-order valence-electron chi connectivity index (χ0n) is 9.21. The first-order valence-electron chi connectivity index (χ1n) is 5.12. The van der Waals surface area contributed by atoms with Crippen LogP contribution in [-0.2, 0) is 6.54 Å². The highest BCUT2D eigenvalue weighted by molar-refractivity contribution is 7.23. The van der Waals surface area contributed by atoms with Crippen LogP contribution in [0.25, 0.3) is 15.2 Å². The van der Waals surface area contributed by atoms with Gasteiger partial charge in [-0.05, 0) is 26.2 Å². The molecule has 0 aliphatic rings. The predicted octanol–water partition coefficient (Wildman–Crippen LogP) is 2.01. The van der Waals surface area contributed by atoms with Crippen molar-refractivity contribution in [3.05, 3.63) is 30.1 Å². The minimum Gasteiger partial charge on any atom is -0.302 e. The van der Waals surface area contributed by atoms with Crippen molar-refractivity contribution >= 4 is 26.5 Å². The van der Waals surface area contributed by atoms with Gasteiger partial charge in [0.25, 0.3) is 0 Å². The van der Waals surface area contributed by atoms with E-state index < -0.39 is 0 Å². The van der Waals surface area contributed by atoms with E-state index in [0.29, 0.717) is 0 Å². The topological polar surface area (TPSA) is 33.4 Å². The third-order valence-electron chi connectivity index (χ3n) is 2.47. The lowest BCUT2D eigenvalue weighted by molar-refractivity contribution is 0.389. The fourth-order valence-electron chi connectivity index (χ4n) is 1.82. The Morgan fingerprint density at radius 2 is 2.06 bits per heavy atom. The van der Waals surface area contributed by atoms with Crippen molar-refractivity contribution in [1.82, 2.24) is 19.5 Å². The summed E-state index contributed by atoms with van der Waals surface area (Å²) < 4.78 is 3.40. The van der Waals surface area contributed by atoms with Gasteiger partial charge in [-0.3, -0.25) is 4.40 Å². The molecule has 5 heteroatoms. The first-order chi connectivity index (χ1) is 7.75. The highest BCUT2D eigenvalue weighted by atomic mass is 32.1. The van der Waals surface area contributed by atoms with Crippen LogP contribution in [0.1, 0.15) is 5.82 Å². The molecule has 2 aromatic heterocycles. The van der Waals surface area contributed by atoms with Crippen molar-refractivity contribution in [3.8, 4) is 0 Å². The standard InChI is InChI=1S/C11H12N4S/c1-14(2)7-10-12-13-11-15(10)8-5-3-4-6-9(8)16-11/h3-6H,7H2,1-2H3. The smallest absolute Gasteiger partial charge is 0.217 e. The third-order valence-corrected chi connectivity index (χ3v) is 3.48. The summed E-state index contributed by atoms with van der Waals surface area (Å²) in [5, 5.41) is 8.44. The molecule has 0 fully saturated rings. The summed E-state index contributed by atoms with van der Waals surface area (Å²) in [7, 11) is 4.07. The van der Waals surface area contributed by atoms with Gasteiger partial charge in [-0.15, -0.1) is 10.2 Å². The first-order valence-corrected chi connectivity index (χ1v) is 5.93. The van der Waals surface area contributed by atoms with E-state index in [9.17, 15) is 0 Å². The number of benzene rings is 1. The average molecular weight is 232 g/mol. The Kier molecular flexibility index (Phi) is 2.15. The Morgan fingerprint density at radius 1 is 1.25 bits per heavy atom. The van der Waals surface area contributed by atoms with Gasteiger partial charge in [0.1, 0.15) is 0 Å². The Hall–Kier alpha value is -1.46. The summed E-state index contributed by atoms with van der Waals surface area (Å²) >= 11 is 1.68. The second-order valence-electron chi connectivity index (χ2n) is 4.04. The van der Waals surface area contributed by atoms with Crippen LogP contribution in [0.3, 0.4) is 0 Å². The molecule has 3 rings (SSSR count). The minimum atomic E-state index is 0.807. The van der Waals surface area contributed by atoms with Gasteiger partial charge in [0.05, 0.1) is 16.8 Å². The fraction of sp³-hybridized carbons (Fsp3) is 0.273. The Bertz CT molecular complexity index is 638. The zero-order valence-corrected chi connectivity index (χ0v) is 10.0. The molecule has 0 aliphatic carbocycles. The van der Waals surface area contributed by atoms with Gasteiger partial charge in [-0.1, -0.05) is 23.5 Å². The molecule has 82 valence electrons. The molecular formula is C11H12N4S. The molecule has 0 atom stereocenters. The molecule has 0 saturated carbocycles. The number of aromatic nitrogens is 3. The molecule has 0 radical (unpaired) electrons. The highest BCUT2D eigenvalue weighted by Gasteiger charge is 2.11. The Balaban J connectivity index is 2.30. The molecule has 0 bridgehead atoms. The van der Waals surface area contributed by atoms with Gasteiger partial charge in [-0.25, -0.2) is 0 Å². The third kappa shape index (κ3) is 1.40. The van der Waals surface area contributed by atoms with Crippen LogP contribution < -0.4 is 0 Å². The van der Waals surface area contributed by atoms with E-state index in [1.54, 1.807) is 11.3 Å². The lowest BCUT2D eigenvalue weighted by atomic mass is 10.3. The van der Waals surface area contributed by atoms with Crippen molar-refractivity contribution in [2.24, 2.45) is 0 Å². The van der Waals surface area contributed by atoms with Crippen LogP contribution in [0.15, 0.2) is 24.3 Å². The van der Waals surface area contributed by atoms with Crippen LogP contribution >= 0.6 is 11.3 Å². The molecule has 2 heterocycles. The van der Waals surface area contributed by atoms with Gasteiger partial charge in [0.15, 0.2) is 5.82 Å². The number of hydrogen-bond acceptors (Lipinski definition) is 4. The molecule has 0 saturated heterocycles. The summed E-state index contributed by atoms with van der Waals surface area (Å²) in [5.41, 5.74) is 1.20. The second kappa shape index (κ2) is 3.54. The van der Waals surface area contributed by atoms with Gasteiger partial charge in [0.2, 0.25) is 4.96 Å². The molecule has 3 aromatic rings. The van der Waals surface area contributed by atoms with Gasteiger partial charge in [-0.2, -0.15) is 0 Å². The fourth-order valence-corrected chi connectivity index (χ4v) is 2.80. The summed E-state index contributed by atoms with van der Waals surface area (Å²) in [4.78, 5) is 3.07. The molecule has 0 aliphatic heterocycles. The minimum absolute atomic E-state index is 0.807. The van der Waals surface area contributed by atoms with Gasteiger partial charge >= 0.3 is 0 Å². The van der Waals surface area contributed by atoms with E-state index in [1.165, 1.54) is 10.2 Å². The quantitative estimate of drug-likeness (QED) is 0.677. The number of nitrogens with zero attached hydrogens (tertiary/aromatic N) is 4. The van der Waals surface area contributed by atoms with E-state index in [1.807, 2.05) is 20.2 Å². The number of fused-ring (bicyclic) bond motifs is 3. The Labute approximate surface area is 97.1 Å². The summed E-state index contributed by atoms with van der Waals surface area (Å²) in [6.45, 7) is 0.807. The molecule has 1 aromatic carbocycles. The van der Waals surface area contributed by atoms with Crippen molar-refractivity contribution in [2.45, 2.75) is 6.54 Å². The van der Waals surface area contributed by atoms with Crippen LogP contribution in [0.4, 0.5) is 0 Å². The van der Waals surface area contributed by atoms with E-state index in [-0.39, 0.29) is 0 Å².